The molecule has 0 amide bonds. The van der Waals surface area contributed by atoms with E-state index in [-0.39, 0.29) is 0 Å². The zero-order valence-electron chi connectivity index (χ0n) is 12.5. The summed E-state index contributed by atoms with van der Waals surface area (Å²) >= 11 is 0. The topological polar surface area (TPSA) is 39.1 Å². The van der Waals surface area contributed by atoms with E-state index in [1.807, 2.05) is 54.9 Å². The Kier molecular flexibility index (Phi) is 3.62. The van der Waals surface area contributed by atoms with E-state index in [1.165, 1.54) is 0 Å². The van der Waals surface area contributed by atoms with Crippen LogP contribution in [0.5, 0.6) is 0 Å². The van der Waals surface area contributed by atoms with Crippen molar-refractivity contribution in [2.45, 2.75) is 16.7 Å². The van der Waals surface area contributed by atoms with Gasteiger partial charge in [-0.25, -0.2) is 8.42 Å². The lowest BCUT2D eigenvalue weighted by Crippen LogP contribution is -2.04. The Bertz CT molecular complexity index is 895. The van der Waals surface area contributed by atoms with Crippen LogP contribution in [0.2, 0.25) is 0 Å². The lowest BCUT2D eigenvalue weighted by atomic mass is 10.1. The van der Waals surface area contributed by atoms with Crippen LogP contribution in [0.25, 0.3) is 11.3 Å². The molecule has 0 fully saturated rings. The number of benzene rings is 2. The first-order chi connectivity index (χ1) is 10.5. The maximum absolute atomic E-state index is 13.0. The Morgan fingerprint density at radius 3 is 2.00 bits per heavy atom. The van der Waals surface area contributed by atoms with Crippen molar-refractivity contribution in [3.8, 4) is 11.3 Å². The highest BCUT2D eigenvalue weighted by molar-refractivity contribution is 7.91. The second-order valence-electron chi connectivity index (χ2n) is 5.24. The van der Waals surface area contributed by atoms with Crippen LogP contribution >= 0.6 is 0 Å². The number of nitrogens with zero attached hydrogens (tertiary/aromatic N) is 1. The lowest BCUT2D eigenvalue weighted by molar-refractivity contribution is 0.596. The SMILES string of the molecule is Cc1cc(S(=O)(=O)c2ccccc2)c(-c2ccccc2)n1C. The summed E-state index contributed by atoms with van der Waals surface area (Å²) in [4.78, 5) is 0.669. The maximum atomic E-state index is 13.0. The van der Waals surface area contributed by atoms with Crippen molar-refractivity contribution in [2.75, 3.05) is 0 Å². The molecule has 0 spiro atoms. The fourth-order valence-corrected chi connectivity index (χ4v) is 4.16. The van der Waals surface area contributed by atoms with Gasteiger partial charge in [-0.3, -0.25) is 0 Å². The molecule has 0 saturated carbocycles. The number of sulfone groups is 1. The lowest BCUT2D eigenvalue weighted by Gasteiger charge is -2.09. The molecule has 0 N–H and O–H groups in total. The van der Waals surface area contributed by atoms with Crippen molar-refractivity contribution < 1.29 is 8.42 Å². The summed E-state index contributed by atoms with van der Waals surface area (Å²) < 4.78 is 27.9. The average molecular weight is 311 g/mol. The molecule has 3 nitrogen and oxygen atoms in total. The molecular weight excluding hydrogens is 294 g/mol. The standard InChI is InChI=1S/C18H17NO2S/c1-14-13-17(22(20,21)16-11-7-4-8-12-16)18(19(14)2)15-9-5-3-6-10-15/h3-13H,1-2H3. The quantitative estimate of drug-likeness (QED) is 0.737. The van der Waals surface area contributed by atoms with E-state index in [9.17, 15) is 8.42 Å². The second kappa shape index (κ2) is 5.46. The van der Waals surface area contributed by atoms with Crippen LogP contribution in [-0.2, 0) is 16.9 Å². The van der Waals surface area contributed by atoms with Gasteiger partial charge in [0, 0.05) is 12.7 Å². The minimum Gasteiger partial charge on any atom is -0.347 e. The van der Waals surface area contributed by atoms with Gasteiger partial charge < -0.3 is 4.57 Å². The highest BCUT2D eigenvalue weighted by atomic mass is 32.2. The first-order valence-corrected chi connectivity index (χ1v) is 8.52. The van der Waals surface area contributed by atoms with Crippen molar-refractivity contribution >= 4 is 9.84 Å². The molecule has 2 aromatic carbocycles. The number of rotatable bonds is 3. The molecule has 4 heteroatoms. The largest absolute Gasteiger partial charge is 0.347 e. The predicted octanol–water partition coefficient (Wildman–Crippen LogP) is 3.83. The fourth-order valence-electron chi connectivity index (χ4n) is 2.56. The maximum Gasteiger partial charge on any atom is 0.208 e. The van der Waals surface area contributed by atoms with Gasteiger partial charge in [0.25, 0.3) is 0 Å². The number of hydrogen-bond donors (Lipinski definition) is 0. The van der Waals surface area contributed by atoms with Crippen LogP contribution in [-0.4, -0.2) is 13.0 Å². The van der Waals surface area contributed by atoms with Crippen molar-refractivity contribution in [1.29, 1.82) is 0 Å². The first kappa shape index (κ1) is 14.6. The van der Waals surface area contributed by atoms with Crippen LogP contribution in [0.4, 0.5) is 0 Å². The fraction of sp³-hybridized carbons (Fsp3) is 0.111. The van der Waals surface area contributed by atoms with Gasteiger partial charge in [-0.2, -0.15) is 0 Å². The smallest absolute Gasteiger partial charge is 0.208 e. The monoisotopic (exact) mass is 311 g/mol. The zero-order valence-corrected chi connectivity index (χ0v) is 13.3. The Morgan fingerprint density at radius 1 is 0.864 bits per heavy atom. The minimum atomic E-state index is -3.54. The van der Waals surface area contributed by atoms with Crippen LogP contribution in [0.1, 0.15) is 5.69 Å². The van der Waals surface area contributed by atoms with E-state index in [4.69, 9.17) is 0 Å². The molecule has 0 bridgehead atoms. The number of hydrogen-bond acceptors (Lipinski definition) is 2. The molecule has 1 heterocycles. The molecule has 0 aliphatic rings. The normalized spacial score (nSPS) is 11.5. The van der Waals surface area contributed by atoms with Gasteiger partial charge in [-0.1, -0.05) is 48.5 Å². The summed E-state index contributed by atoms with van der Waals surface area (Å²) in [7, 11) is -1.65. The second-order valence-corrected chi connectivity index (χ2v) is 7.16. The van der Waals surface area contributed by atoms with Crippen LogP contribution < -0.4 is 0 Å². The number of aromatic nitrogens is 1. The summed E-state index contributed by atoms with van der Waals surface area (Å²) in [6, 6.07) is 19.9. The van der Waals surface area contributed by atoms with Crippen molar-refractivity contribution in [2.24, 2.45) is 7.05 Å². The van der Waals surface area contributed by atoms with Crippen molar-refractivity contribution in [3.05, 3.63) is 72.4 Å². The Labute approximate surface area is 130 Å². The number of aryl methyl sites for hydroxylation is 1. The van der Waals surface area contributed by atoms with E-state index < -0.39 is 9.84 Å². The summed E-state index contributed by atoms with van der Waals surface area (Å²) in [5, 5.41) is 0. The molecule has 0 saturated heterocycles. The molecule has 3 rings (SSSR count). The zero-order chi connectivity index (χ0) is 15.7. The molecule has 0 unspecified atom stereocenters. The van der Waals surface area contributed by atoms with Crippen LogP contribution in [0, 0.1) is 6.92 Å². The van der Waals surface area contributed by atoms with E-state index >= 15 is 0 Å². The third-order valence-electron chi connectivity index (χ3n) is 3.83. The van der Waals surface area contributed by atoms with Gasteiger partial charge in [0.2, 0.25) is 9.84 Å². The molecule has 112 valence electrons. The molecule has 0 aliphatic heterocycles. The molecule has 1 aromatic heterocycles. The van der Waals surface area contributed by atoms with Crippen molar-refractivity contribution in [1.82, 2.24) is 4.57 Å². The summed E-state index contributed by atoms with van der Waals surface area (Å²) in [6.45, 7) is 1.91. The van der Waals surface area contributed by atoms with Crippen LogP contribution in [0.15, 0.2) is 76.5 Å². The van der Waals surface area contributed by atoms with Gasteiger partial charge in [-0.05, 0) is 30.7 Å². The van der Waals surface area contributed by atoms with Crippen molar-refractivity contribution in [3.63, 3.8) is 0 Å². The molecular formula is C18H17NO2S. The Balaban J connectivity index is 2.27. The minimum absolute atomic E-state index is 0.317. The van der Waals surface area contributed by atoms with Gasteiger partial charge in [0.05, 0.1) is 15.5 Å². The molecule has 3 aromatic rings. The van der Waals surface area contributed by atoms with E-state index in [2.05, 4.69) is 0 Å². The summed E-state index contributed by atoms with van der Waals surface area (Å²) in [5.41, 5.74) is 2.53. The predicted molar refractivity (Wildman–Crippen MR) is 87.5 cm³/mol. The third-order valence-corrected chi connectivity index (χ3v) is 5.61. The summed E-state index contributed by atoms with van der Waals surface area (Å²) in [6.07, 6.45) is 0. The van der Waals surface area contributed by atoms with Gasteiger partial charge in [0.1, 0.15) is 0 Å². The van der Waals surface area contributed by atoms with Gasteiger partial charge >= 0.3 is 0 Å². The molecule has 0 atom stereocenters. The summed E-state index contributed by atoms with van der Waals surface area (Å²) in [5.74, 6) is 0. The first-order valence-electron chi connectivity index (χ1n) is 7.03. The highest BCUT2D eigenvalue weighted by Crippen LogP contribution is 2.33. The highest BCUT2D eigenvalue weighted by Gasteiger charge is 2.25. The van der Waals surface area contributed by atoms with E-state index in [0.717, 1.165) is 17.0 Å². The Hall–Kier alpha value is -2.33. The Morgan fingerprint density at radius 2 is 1.41 bits per heavy atom. The molecule has 0 aliphatic carbocycles. The third kappa shape index (κ3) is 2.35. The van der Waals surface area contributed by atoms with Crippen LogP contribution in [0.3, 0.4) is 0 Å². The molecule has 0 radical (unpaired) electrons. The van der Waals surface area contributed by atoms with Gasteiger partial charge in [0.15, 0.2) is 0 Å². The van der Waals surface area contributed by atoms with Gasteiger partial charge in [-0.15, -0.1) is 0 Å². The van der Waals surface area contributed by atoms with E-state index in [0.29, 0.717) is 9.79 Å². The van der Waals surface area contributed by atoms with E-state index in [1.54, 1.807) is 30.3 Å². The molecule has 22 heavy (non-hydrogen) atoms. The average Bonchev–Trinajstić information content (AvgIpc) is 2.85.